The summed E-state index contributed by atoms with van der Waals surface area (Å²) in [7, 11) is 1.18. The van der Waals surface area contributed by atoms with Gasteiger partial charge < -0.3 is 14.7 Å². The molecule has 1 unspecified atom stereocenters. The minimum atomic E-state index is -2.94. The molecular weight excluding hydrogens is 338 g/mol. The van der Waals surface area contributed by atoms with Crippen LogP contribution in [0.25, 0.3) is 0 Å². The summed E-state index contributed by atoms with van der Waals surface area (Å²) < 4.78 is 30.6. The van der Waals surface area contributed by atoms with Crippen molar-refractivity contribution in [3.05, 3.63) is 35.9 Å². The standard InChI is InChI=1S/C16H18F2N2O5/c1-19(15(24)25-8-11-5-3-2-4-6-11)12(14(22)23)7-13(21)20-9-16(17,18)10-20/h2-6,12H,7-10H2,1H3,(H,22,23). The van der Waals surface area contributed by atoms with Gasteiger partial charge in [-0.2, -0.15) is 0 Å². The molecule has 0 radical (unpaired) electrons. The molecule has 0 aliphatic carbocycles. The van der Waals surface area contributed by atoms with Crippen molar-refractivity contribution in [2.75, 3.05) is 20.1 Å². The van der Waals surface area contributed by atoms with Gasteiger partial charge in [-0.15, -0.1) is 0 Å². The van der Waals surface area contributed by atoms with Gasteiger partial charge in [0.15, 0.2) is 0 Å². The predicted molar refractivity (Wildman–Crippen MR) is 82.0 cm³/mol. The molecule has 2 rings (SSSR count). The van der Waals surface area contributed by atoms with Crippen LogP contribution in [0.2, 0.25) is 0 Å². The van der Waals surface area contributed by atoms with Crippen LogP contribution in [0.5, 0.6) is 0 Å². The second kappa shape index (κ2) is 7.45. The van der Waals surface area contributed by atoms with E-state index in [-0.39, 0.29) is 6.61 Å². The van der Waals surface area contributed by atoms with E-state index in [4.69, 9.17) is 4.74 Å². The van der Waals surface area contributed by atoms with Crippen molar-refractivity contribution in [2.45, 2.75) is 25.0 Å². The molecule has 2 amide bonds. The number of alkyl halides is 2. The lowest BCUT2D eigenvalue weighted by molar-refractivity contribution is -0.168. The highest BCUT2D eigenvalue weighted by molar-refractivity contribution is 5.87. The van der Waals surface area contributed by atoms with Crippen molar-refractivity contribution in [1.29, 1.82) is 0 Å². The van der Waals surface area contributed by atoms with E-state index in [1.54, 1.807) is 30.3 Å². The van der Waals surface area contributed by atoms with Crippen molar-refractivity contribution in [3.8, 4) is 0 Å². The van der Waals surface area contributed by atoms with E-state index in [1.165, 1.54) is 7.05 Å². The van der Waals surface area contributed by atoms with Crippen LogP contribution in [0.4, 0.5) is 13.6 Å². The van der Waals surface area contributed by atoms with Gasteiger partial charge >= 0.3 is 12.1 Å². The van der Waals surface area contributed by atoms with E-state index in [9.17, 15) is 28.3 Å². The van der Waals surface area contributed by atoms with Crippen LogP contribution >= 0.6 is 0 Å². The number of rotatable bonds is 6. The number of likely N-dealkylation sites (tertiary alicyclic amines) is 1. The number of likely N-dealkylation sites (N-methyl/N-ethyl adjacent to an activating group) is 1. The van der Waals surface area contributed by atoms with Crippen LogP contribution in [-0.2, 0) is 20.9 Å². The van der Waals surface area contributed by atoms with Crippen LogP contribution in [0, 0.1) is 0 Å². The monoisotopic (exact) mass is 356 g/mol. The number of carboxylic acid groups (broad SMARTS) is 1. The number of aliphatic carboxylic acids is 1. The lowest BCUT2D eigenvalue weighted by Gasteiger charge is -2.39. The number of halogens is 2. The highest BCUT2D eigenvalue weighted by atomic mass is 19.3. The Morgan fingerprint density at radius 2 is 1.88 bits per heavy atom. The van der Waals surface area contributed by atoms with Crippen molar-refractivity contribution in [1.82, 2.24) is 9.80 Å². The molecule has 1 atom stereocenters. The van der Waals surface area contributed by atoms with E-state index in [0.29, 0.717) is 0 Å². The molecule has 9 heteroatoms. The van der Waals surface area contributed by atoms with E-state index >= 15 is 0 Å². The topological polar surface area (TPSA) is 87.2 Å². The average molecular weight is 356 g/mol. The molecule has 1 aliphatic heterocycles. The molecule has 0 aromatic heterocycles. The molecule has 7 nitrogen and oxygen atoms in total. The molecule has 1 saturated heterocycles. The van der Waals surface area contributed by atoms with Gasteiger partial charge in [0.2, 0.25) is 5.91 Å². The maximum atomic E-state index is 12.8. The predicted octanol–water partition coefficient (Wildman–Crippen LogP) is 1.58. The number of hydrogen-bond donors (Lipinski definition) is 1. The SMILES string of the molecule is CN(C(=O)OCc1ccccc1)C(CC(=O)N1CC(F)(F)C1)C(=O)O. The highest BCUT2D eigenvalue weighted by Crippen LogP contribution is 2.27. The Labute approximate surface area is 142 Å². The average Bonchev–Trinajstić information content (AvgIpc) is 2.55. The number of carboxylic acids is 1. The molecule has 1 aromatic rings. The number of hydrogen-bond acceptors (Lipinski definition) is 4. The number of benzene rings is 1. The summed E-state index contributed by atoms with van der Waals surface area (Å²) in [5, 5.41) is 9.23. The van der Waals surface area contributed by atoms with E-state index in [2.05, 4.69) is 0 Å². The summed E-state index contributed by atoms with van der Waals surface area (Å²) in [6, 6.07) is 7.28. The molecule has 1 aliphatic rings. The Balaban J connectivity index is 1.90. The van der Waals surface area contributed by atoms with Crippen LogP contribution < -0.4 is 0 Å². The minimum absolute atomic E-state index is 0.0529. The third kappa shape index (κ3) is 4.88. The smallest absolute Gasteiger partial charge is 0.410 e. The normalized spacial score (nSPS) is 16.5. The van der Waals surface area contributed by atoms with Crippen LogP contribution in [0.1, 0.15) is 12.0 Å². The number of nitrogens with zero attached hydrogens (tertiary/aromatic N) is 2. The van der Waals surface area contributed by atoms with Crippen molar-refractivity contribution in [2.24, 2.45) is 0 Å². The van der Waals surface area contributed by atoms with Gasteiger partial charge in [-0.1, -0.05) is 30.3 Å². The Morgan fingerprint density at radius 1 is 1.28 bits per heavy atom. The Morgan fingerprint density at radius 3 is 2.40 bits per heavy atom. The molecular formula is C16H18F2N2O5. The van der Waals surface area contributed by atoms with Crippen LogP contribution in [-0.4, -0.2) is 65.0 Å². The molecule has 1 heterocycles. The Bertz CT molecular complexity index is 645. The Kier molecular flexibility index (Phi) is 5.55. The zero-order valence-corrected chi connectivity index (χ0v) is 13.5. The first-order valence-electron chi connectivity index (χ1n) is 7.51. The summed E-state index contributed by atoms with van der Waals surface area (Å²) in [6.07, 6.45) is -1.51. The van der Waals surface area contributed by atoms with Crippen molar-refractivity contribution in [3.63, 3.8) is 0 Å². The summed E-state index contributed by atoms with van der Waals surface area (Å²) in [5.74, 6) is -5.10. The first-order chi connectivity index (χ1) is 11.7. The third-order valence-electron chi connectivity index (χ3n) is 3.81. The van der Waals surface area contributed by atoms with Crippen molar-refractivity contribution < 1.29 is 33.0 Å². The fourth-order valence-corrected chi connectivity index (χ4v) is 2.32. The van der Waals surface area contributed by atoms with Gasteiger partial charge in [0.05, 0.1) is 19.5 Å². The first kappa shape index (κ1) is 18.6. The van der Waals surface area contributed by atoms with Gasteiger partial charge in [0.1, 0.15) is 12.6 Å². The maximum absolute atomic E-state index is 12.8. The summed E-state index contributed by atoms with van der Waals surface area (Å²) in [5.41, 5.74) is 0.718. The van der Waals surface area contributed by atoms with Gasteiger partial charge in [0, 0.05) is 7.05 Å². The molecule has 1 fully saturated rings. The second-order valence-corrected chi connectivity index (χ2v) is 5.81. The molecule has 0 saturated carbocycles. The zero-order valence-electron chi connectivity index (χ0n) is 13.5. The molecule has 136 valence electrons. The van der Waals surface area contributed by atoms with Gasteiger partial charge in [-0.25, -0.2) is 18.4 Å². The van der Waals surface area contributed by atoms with Gasteiger partial charge in [-0.3, -0.25) is 9.69 Å². The summed E-state index contributed by atoms with van der Waals surface area (Å²) in [4.78, 5) is 36.9. The van der Waals surface area contributed by atoms with Crippen LogP contribution in [0.3, 0.4) is 0 Å². The number of carbonyl (C=O) groups is 3. The summed E-state index contributed by atoms with van der Waals surface area (Å²) >= 11 is 0. The molecule has 1 N–H and O–H groups in total. The minimum Gasteiger partial charge on any atom is -0.480 e. The Hall–Kier alpha value is -2.71. The quantitative estimate of drug-likeness (QED) is 0.836. The van der Waals surface area contributed by atoms with E-state index in [0.717, 1.165) is 15.4 Å². The van der Waals surface area contributed by atoms with Gasteiger partial charge in [0.25, 0.3) is 5.92 Å². The van der Waals surface area contributed by atoms with Gasteiger partial charge in [-0.05, 0) is 5.56 Å². The first-order valence-corrected chi connectivity index (χ1v) is 7.51. The lowest BCUT2D eigenvalue weighted by Crippen LogP contribution is -2.59. The second-order valence-electron chi connectivity index (χ2n) is 5.81. The largest absolute Gasteiger partial charge is 0.480 e. The molecule has 0 bridgehead atoms. The molecule has 1 aromatic carbocycles. The van der Waals surface area contributed by atoms with E-state index in [1.807, 2.05) is 0 Å². The van der Waals surface area contributed by atoms with E-state index < -0.39 is 49.4 Å². The number of ether oxygens (including phenoxy) is 1. The maximum Gasteiger partial charge on any atom is 0.410 e. The lowest BCUT2D eigenvalue weighted by atomic mass is 10.1. The fraction of sp³-hybridized carbons (Fsp3) is 0.438. The molecule has 0 spiro atoms. The number of amides is 2. The zero-order chi connectivity index (χ0) is 18.6. The van der Waals surface area contributed by atoms with Crippen LogP contribution in [0.15, 0.2) is 30.3 Å². The highest BCUT2D eigenvalue weighted by Gasteiger charge is 2.47. The summed E-state index contributed by atoms with van der Waals surface area (Å²) in [6.45, 7) is -1.52. The third-order valence-corrected chi connectivity index (χ3v) is 3.81. The number of carbonyl (C=O) groups excluding carboxylic acids is 2. The molecule has 25 heavy (non-hydrogen) atoms. The fourth-order valence-electron chi connectivity index (χ4n) is 2.32. The van der Waals surface area contributed by atoms with Crippen molar-refractivity contribution >= 4 is 18.0 Å².